The minimum absolute atomic E-state index is 0.608. The van der Waals surface area contributed by atoms with Gasteiger partial charge in [-0.05, 0) is 66.6 Å². The molecule has 1 aliphatic rings. The van der Waals surface area contributed by atoms with Crippen molar-refractivity contribution in [1.29, 1.82) is 0 Å². The van der Waals surface area contributed by atoms with Crippen LogP contribution in [-0.4, -0.2) is 18.1 Å². The van der Waals surface area contributed by atoms with Crippen LogP contribution in [0.2, 0.25) is 0 Å². The van der Waals surface area contributed by atoms with E-state index < -0.39 is 0 Å². The molecule has 0 aromatic heterocycles. The lowest BCUT2D eigenvalue weighted by Gasteiger charge is -2.20. The second-order valence-electron chi connectivity index (χ2n) is 8.31. The summed E-state index contributed by atoms with van der Waals surface area (Å²) in [5.41, 5.74) is 9.18. The predicted molar refractivity (Wildman–Crippen MR) is 125 cm³/mol. The summed E-state index contributed by atoms with van der Waals surface area (Å²) in [5, 5.41) is 3.59. The Hall–Kier alpha value is -2.78. The van der Waals surface area contributed by atoms with Crippen molar-refractivity contribution in [2.45, 2.75) is 46.8 Å². The van der Waals surface area contributed by atoms with E-state index in [1.807, 2.05) is 0 Å². The van der Waals surface area contributed by atoms with E-state index in [4.69, 9.17) is 4.74 Å². The lowest BCUT2D eigenvalue weighted by atomic mass is 10.1. The lowest BCUT2D eigenvalue weighted by molar-refractivity contribution is 0.292. The summed E-state index contributed by atoms with van der Waals surface area (Å²) in [6.07, 6.45) is 2.08. The molecule has 1 heterocycles. The van der Waals surface area contributed by atoms with Gasteiger partial charge >= 0.3 is 0 Å². The van der Waals surface area contributed by atoms with Crippen LogP contribution in [0.3, 0.4) is 0 Å². The maximum absolute atomic E-state index is 6.13. The highest BCUT2D eigenvalue weighted by Crippen LogP contribution is 2.24. The number of nitrogens with one attached hydrogen (secondary N) is 1. The fourth-order valence-corrected chi connectivity index (χ4v) is 4.22. The molecule has 0 bridgehead atoms. The first-order valence-electron chi connectivity index (χ1n) is 11.0. The Morgan fingerprint density at radius 2 is 1.77 bits per heavy atom. The number of benzene rings is 3. The molecule has 4 rings (SSSR count). The van der Waals surface area contributed by atoms with Gasteiger partial charge in [-0.2, -0.15) is 0 Å². The number of fused-ring (bicyclic) bond motifs is 1. The highest BCUT2D eigenvalue weighted by Gasteiger charge is 2.13. The van der Waals surface area contributed by atoms with E-state index in [2.05, 4.69) is 91.7 Å². The maximum Gasteiger partial charge on any atom is 0.123 e. The van der Waals surface area contributed by atoms with Crippen LogP contribution in [0, 0.1) is 13.8 Å². The summed E-state index contributed by atoms with van der Waals surface area (Å²) in [7, 11) is 0. The van der Waals surface area contributed by atoms with Crippen molar-refractivity contribution in [3.05, 3.63) is 94.0 Å². The molecule has 1 aliphatic heterocycles. The summed E-state index contributed by atoms with van der Waals surface area (Å²) in [5.74, 6) is 1.01. The number of ether oxygens (including phenoxy) is 1. The van der Waals surface area contributed by atoms with Crippen LogP contribution >= 0.6 is 0 Å². The standard InChI is InChI=1S/C27H32N2O/c1-4-25-21(3)6-5-7-27(25)30-18-23-11-9-22(10-12-23)17-29-15-14-24-16-20(2)8-13-26(24)28-19-29/h5-13,16,28H,4,14-15,17-19H2,1-3H3. The van der Waals surface area contributed by atoms with E-state index in [1.54, 1.807) is 0 Å². The fourth-order valence-electron chi connectivity index (χ4n) is 4.22. The molecule has 0 saturated heterocycles. The first kappa shape index (κ1) is 20.5. The summed E-state index contributed by atoms with van der Waals surface area (Å²) >= 11 is 0. The van der Waals surface area contributed by atoms with Crippen LogP contribution in [0.1, 0.15) is 40.3 Å². The summed E-state index contributed by atoms with van der Waals surface area (Å²) in [6, 6.07) is 21.9. The van der Waals surface area contributed by atoms with Crippen LogP contribution < -0.4 is 10.1 Å². The predicted octanol–water partition coefficient (Wildman–Crippen LogP) is 5.87. The Kier molecular flexibility index (Phi) is 6.39. The Labute approximate surface area is 180 Å². The van der Waals surface area contributed by atoms with E-state index in [0.29, 0.717) is 6.61 Å². The van der Waals surface area contributed by atoms with Gasteiger partial charge in [0.05, 0.1) is 6.67 Å². The number of anilines is 1. The van der Waals surface area contributed by atoms with Crippen molar-refractivity contribution in [2.75, 3.05) is 18.5 Å². The normalized spacial score (nSPS) is 14.0. The third-order valence-electron chi connectivity index (χ3n) is 6.00. The molecule has 3 heteroatoms. The van der Waals surface area contributed by atoms with Crippen LogP contribution in [0.15, 0.2) is 60.7 Å². The highest BCUT2D eigenvalue weighted by atomic mass is 16.5. The number of hydrogen-bond donors (Lipinski definition) is 1. The summed E-state index contributed by atoms with van der Waals surface area (Å²) in [4.78, 5) is 2.47. The third-order valence-corrected chi connectivity index (χ3v) is 6.00. The van der Waals surface area contributed by atoms with Gasteiger partial charge in [-0.25, -0.2) is 0 Å². The molecule has 30 heavy (non-hydrogen) atoms. The highest BCUT2D eigenvalue weighted by molar-refractivity contribution is 5.53. The van der Waals surface area contributed by atoms with Crippen molar-refractivity contribution >= 4 is 5.69 Å². The van der Waals surface area contributed by atoms with Gasteiger partial charge in [0, 0.05) is 18.8 Å². The molecule has 0 radical (unpaired) electrons. The van der Waals surface area contributed by atoms with Crippen molar-refractivity contribution in [1.82, 2.24) is 4.90 Å². The van der Waals surface area contributed by atoms with Crippen LogP contribution in [0.4, 0.5) is 5.69 Å². The Bertz CT molecular complexity index is 994. The van der Waals surface area contributed by atoms with E-state index >= 15 is 0 Å². The summed E-state index contributed by atoms with van der Waals surface area (Å²) in [6.45, 7) is 10.0. The van der Waals surface area contributed by atoms with Gasteiger partial charge in [-0.15, -0.1) is 0 Å². The lowest BCUT2D eigenvalue weighted by Crippen LogP contribution is -2.28. The van der Waals surface area contributed by atoms with Gasteiger partial charge in [0.1, 0.15) is 12.4 Å². The minimum Gasteiger partial charge on any atom is -0.489 e. The van der Waals surface area contributed by atoms with Gasteiger partial charge in [0.25, 0.3) is 0 Å². The van der Waals surface area contributed by atoms with Gasteiger partial charge in [-0.3, -0.25) is 4.90 Å². The topological polar surface area (TPSA) is 24.5 Å². The Balaban J connectivity index is 1.34. The average molecular weight is 401 g/mol. The summed E-state index contributed by atoms with van der Waals surface area (Å²) < 4.78 is 6.13. The zero-order chi connectivity index (χ0) is 20.9. The second kappa shape index (κ2) is 9.36. The second-order valence-corrected chi connectivity index (χ2v) is 8.31. The first-order valence-corrected chi connectivity index (χ1v) is 11.0. The maximum atomic E-state index is 6.13. The molecule has 3 aromatic carbocycles. The van der Waals surface area contributed by atoms with Crippen molar-refractivity contribution in [2.24, 2.45) is 0 Å². The van der Waals surface area contributed by atoms with Gasteiger partial charge < -0.3 is 10.1 Å². The van der Waals surface area contributed by atoms with Crippen molar-refractivity contribution < 1.29 is 4.74 Å². The molecule has 3 aromatic rings. The molecular formula is C27H32N2O. The van der Waals surface area contributed by atoms with Gasteiger partial charge in [0.2, 0.25) is 0 Å². The Morgan fingerprint density at radius 1 is 0.967 bits per heavy atom. The van der Waals surface area contributed by atoms with E-state index in [9.17, 15) is 0 Å². The molecule has 0 spiro atoms. The monoisotopic (exact) mass is 400 g/mol. The Morgan fingerprint density at radius 3 is 2.57 bits per heavy atom. The molecule has 1 N–H and O–H groups in total. The molecular weight excluding hydrogens is 368 g/mol. The molecule has 156 valence electrons. The van der Waals surface area contributed by atoms with Crippen molar-refractivity contribution in [3.63, 3.8) is 0 Å². The first-order chi connectivity index (χ1) is 14.6. The number of nitrogens with zero attached hydrogens (tertiary/aromatic N) is 1. The molecule has 0 amide bonds. The minimum atomic E-state index is 0.608. The van der Waals surface area contributed by atoms with Crippen LogP contribution in [0.5, 0.6) is 5.75 Å². The quantitative estimate of drug-likeness (QED) is 0.560. The van der Waals surface area contributed by atoms with E-state index in [1.165, 1.54) is 39.1 Å². The smallest absolute Gasteiger partial charge is 0.123 e. The van der Waals surface area contributed by atoms with Crippen LogP contribution in [-0.2, 0) is 26.0 Å². The molecule has 0 unspecified atom stereocenters. The zero-order valence-electron chi connectivity index (χ0n) is 18.4. The fraction of sp³-hybridized carbons (Fsp3) is 0.333. The molecule has 0 atom stereocenters. The number of hydrogen-bond acceptors (Lipinski definition) is 3. The van der Waals surface area contributed by atoms with Crippen molar-refractivity contribution in [3.8, 4) is 5.75 Å². The zero-order valence-corrected chi connectivity index (χ0v) is 18.4. The van der Waals surface area contributed by atoms with E-state index in [-0.39, 0.29) is 0 Å². The largest absolute Gasteiger partial charge is 0.489 e. The van der Waals surface area contributed by atoms with Crippen LogP contribution in [0.25, 0.3) is 0 Å². The van der Waals surface area contributed by atoms with E-state index in [0.717, 1.165) is 38.3 Å². The van der Waals surface area contributed by atoms with Gasteiger partial charge in [0.15, 0.2) is 0 Å². The molecule has 0 saturated carbocycles. The third kappa shape index (κ3) is 4.85. The number of aryl methyl sites for hydroxylation is 2. The van der Waals surface area contributed by atoms with Gasteiger partial charge in [-0.1, -0.05) is 61.0 Å². The number of rotatable bonds is 6. The molecule has 0 aliphatic carbocycles. The SMILES string of the molecule is CCc1c(C)cccc1OCc1ccc(CN2CCc3cc(C)ccc3NC2)cc1. The average Bonchev–Trinajstić information content (AvgIpc) is 2.95. The molecule has 3 nitrogen and oxygen atoms in total. The molecule has 0 fully saturated rings.